The Kier molecular flexibility index (Phi) is 3.58. The van der Waals surface area contributed by atoms with Crippen molar-refractivity contribution in [3.63, 3.8) is 0 Å². The molecule has 0 spiro atoms. The summed E-state index contributed by atoms with van der Waals surface area (Å²) < 4.78 is 0. The molecule has 1 saturated heterocycles. The van der Waals surface area contributed by atoms with E-state index in [1.165, 1.54) is 12.0 Å². The lowest BCUT2D eigenvalue weighted by Crippen LogP contribution is -2.26. The maximum atomic E-state index is 8.95. The topological polar surface area (TPSA) is 27.0 Å². The summed E-state index contributed by atoms with van der Waals surface area (Å²) in [4.78, 5) is 2.45. The lowest BCUT2D eigenvalue weighted by molar-refractivity contribution is 0.241. The molecule has 2 unspecified atom stereocenters. The van der Waals surface area contributed by atoms with Crippen LogP contribution in [0.1, 0.15) is 31.4 Å². The molecule has 1 aromatic carbocycles. The molecule has 16 heavy (non-hydrogen) atoms. The van der Waals surface area contributed by atoms with E-state index in [1.54, 1.807) is 0 Å². The molecule has 2 heteroatoms. The Balaban J connectivity index is 2.15. The van der Waals surface area contributed by atoms with Crippen molar-refractivity contribution in [1.82, 2.24) is 4.90 Å². The van der Waals surface area contributed by atoms with E-state index in [2.05, 4.69) is 42.2 Å². The van der Waals surface area contributed by atoms with Crippen LogP contribution in [-0.2, 0) is 0 Å². The first-order valence-electron chi connectivity index (χ1n) is 5.97. The van der Waals surface area contributed by atoms with Crippen molar-refractivity contribution in [3.05, 3.63) is 35.9 Å². The Labute approximate surface area is 97.5 Å². The molecule has 0 aliphatic carbocycles. The molecule has 1 heterocycles. The van der Waals surface area contributed by atoms with Crippen LogP contribution in [0.4, 0.5) is 0 Å². The molecule has 1 aromatic rings. The van der Waals surface area contributed by atoms with Gasteiger partial charge in [0, 0.05) is 12.6 Å². The van der Waals surface area contributed by atoms with Gasteiger partial charge in [0.05, 0.1) is 12.5 Å². The molecule has 2 atom stereocenters. The van der Waals surface area contributed by atoms with Crippen LogP contribution in [-0.4, -0.2) is 18.0 Å². The van der Waals surface area contributed by atoms with Gasteiger partial charge in [0.2, 0.25) is 0 Å². The molecule has 0 radical (unpaired) electrons. The molecule has 0 amide bonds. The van der Waals surface area contributed by atoms with Gasteiger partial charge >= 0.3 is 0 Å². The number of rotatable bonds is 3. The van der Waals surface area contributed by atoms with E-state index < -0.39 is 0 Å². The van der Waals surface area contributed by atoms with Gasteiger partial charge in [0.25, 0.3) is 0 Å². The zero-order valence-corrected chi connectivity index (χ0v) is 9.76. The minimum atomic E-state index is 0.288. The van der Waals surface area contributed by atoms with Crippen LogP contribution in [0.2, 0.25) is 0 Å². The minimum Gasteiger partial charge on any atom is -0.295 e. The third-order valence-corrected chi connectivity index (χ3v) is 3.37. The van der Waals surface area contributed by atoms with Crippen LogP contribution in [0, 0.1) is 17.2 Å². The van der Waals surface area contributed by atoms with Crippen LogP contribution in [0.5, 0.6) is 0 Å². The molecule has 1 aliphatic rings. The first-order valence-corrected chi connectivity index (χ1v) is 5.97. The highest BCUT2D eigenvalue weighted by Crippen LogP contribution is 2.29. The predicted molar refractivity (Wildman–Crippen MR) is 64.8 cm³/mol. The van der Waals surface area contributed by atoms with E-state index in [0.29, 0.717) is 6.42 Å². The number of likely N-dealkylation sites (tertiary alicyclic amines) is 1. The molecule has 2 rings (SSSR count). The summed E-state index contributed by atoms with van der Waals surface area (Å²) in [6.45, 7) is 4.54. The second-order valence-electron chi connectivity index (χ2n) is 4.68. The van der Waals surface area contributed by atoms with Crippen LogP contribution < -0.4 is 0 Å². The number of hydrogen-bond acceptors (Lipinski definition) is 2. The Bertz CT molecular complexity index is 366. The number of nitriles is 1. The van der Waals surface area contributed by atoms with Crippen LogP contribution in [0.3, 0.4) is 0 Å². The van der Waals surface area contributed by atoms with Crippen molar-refractivity contribution in [3.8, 4) is 6.07 Å². The van der Waals surface area contributed by atoms with Crippen molar-refractivity contribution in [2.24, 2.45) is 5.92 Å². The van der Waals surface area contributed by atoms with E-state index in [9.17, 15) is 0 Å². The molecule has 1 aliphatic heterocycles. The summed E-state index contributed by atoms with van der Waals surface area (Å²) in [5.74, 6) is 0.768. The van der Waals surface area contributed by atoms with E-state index in [-0.39, 0.29) is 6.04 Å². The lowest BCUT2D eigenvalue weighted by Gasteiger charge is -2.26. The van der Waals surface area contributed by atoms with Crippen LogP contribution >= 0.6 is 0 Å². The smallest absolute Gasteiger partial charge is 0.0641 e. The maximum Gasteiger partial charge on any atom is 0.0641 e. The summed E-state index contributed by atoms with van der Waals surface area (Å²) in [6, 6.07) is 13.0. The summed E-state index contributed by atoms with van der Waals surface area (Å²) in [7, 11) is 0. The van der Waals surface area contributed by atoms with Gasteiger partial charge < -0.3 is 0 Å². The van der Waals surface area contributed by atoms with Crippen molar-refractivity contribution >= 4 is 0 Å². The van der Waals surface area contributed by atoms with Gasteiger partial charge in [-0.3, -0.25) is 4.90 Å². The average Bonchev–Trinajstić information content (AvgIpc) is 2.74. The fraction of sp³-hybridized carbons (Fsp3) is 0.500. The summed E-state index contributed by atoms with van der Waals surface area (Å²) >= 11 is 0. The molecular weight excluding hydrogens is 196 g/mol. The molecule has 0 bridgehead atoms. The molecule has 84 valence electrons. The SMILES string of the molecule is CC1CCN(C(CC#N)c2ccccc2)C1. The molecule has 0 aromatic heterocycles. The first-order chi connectivity index (χ1) is 7.81. The summed E-state index contributed by atoms with van der Waals surface area (Å²) in [5, 5.41) is 8.95. The quantitative estimate of drug-likeness (QED) is 0.773. The normalized spacial score (nSPS) is 22.9. The van der Waals surface area contributed by atoms with Gasteiger partial charge in [-0.15, -0.1) is 0 Å². The van der Waals surface area contributed by atoms with Gasteiger partial charge in [0.15, 0.2) is 0 Å². The molecule has 0 N–H and O–H groups in total. The van der Waals surface area contributed by atoms with Crippen molar-refractivity contribution in [2.45, 2.75) is 25.8 Å². The predicted octanol–water partition coefficient (Wildman–Crippen LogP) is 2.98. The zero-order chi connectivity index (χ0) is 11.4. The lowest BCUT2D eigenvalue weighted by atomic mass is 10.0. The largest absolute Gasteiger partial charge is 0.295 e. The van der Waals surface area contributed by atoms with Gasteiger partial charge in [-0.05, 0) is 24.4 Å². The Hall–Kier alpha value is -1.33. The molecule has 2 nitrogen and oxygen atoms in total. The van der Waals surface area contributed by atoms with Crippen LogP contribution in [0.25, 0.3) is 0 Å². The van der Waals surface area contributed by atoms with Gasteiger partial charge in [-0.25, -0.2) is 0 Å². The first kappa shape index (κ1) is 11.2. The average molecular weight is 214 g/mol. The monoisotopic (exact) mass is 214 g/mol. The van der Waals surface area contributed by atoms with Crippen molar-refractivity contribution < 1.29 is 0 Å². The highest BCUT2D eigenvalue weighted by atomic mass is 15.2. The summed E-state index contributed by atoms with van der Waals surface area (Å²) in [6.07, 6.45) is 1.85. The number of nitrogens with zero attached hydrogens (tertiary/aromatic N) is 2. The fourth-order valence-corrected chi connectivity index (χ4v) is 2.47. The third-order valence-electron chi connectivity index (χ3n) is 3.37. The second-order valence-corrected chi connectivity index (χ2v) is 4.68. The van der Waals surface area contributed by atoms with E-state index in [0.717, 1.165) is 19.0 Å². The summed E-state index contributed by atoms with van der Waals surface area (Å²) in [5.41, 5.74) is 1.28. The Morgan fingerprint density at radius 3 is 2.75 bits per heavy atom. The minimum absolute atomic E-state index is 0.288. The molecule has 1 fully saturated rings. The van der Waals surface area contributed by atoms with Crippen LogP contribution in [0.15, 0.2) is 30.3 Å². The second kappa shape index (κ2) is 5.14. The maximum absolute atomic E-state index is 8.95. The Morgan fingerprint density at radius 2 is 2.19 bits per heavy atom. The van der Waals surface area contributed by atoms with Gasteiger partial charge in [-0.2, -0.15) is 5.26 Å². The van der Waals surface area contributed by atoms with Crippen molar-refractivity contribution in [1.29, 1.82) is 5.26 Å². The fourth-order valence-electron chi connectivity index (χ4n) is 2.47. The van der Waals surface area contributed by atoms with Gasteiger partial charge in [-0.1, -0.05) is 37.3 Å². The Morgan fingerprint density at radius 1 is 1.44 bits per heavy atom. The van der Waals surface area contributed by atoms with Crippen molar-refractivity contribution in [2.75, 3.05) is 13.1 Å². The zero-order valence-electron chi connectivity index (χ0n) is 9.76. The van der Waals surface area contributed by atoms with E-state index >= 15 is 0 Å². The number of hydrogen-bond donors (Lipinski definition) is 0. The standard InChI is InChI=1S/C14H18N2/c1-12-8-10-16(11-12)14(7-9-15)13-5-3-2-4-6-13/h2-6,12,14H,7-8,10-11H2,1H3. The highest BCUT2D eigenvalue weighted by Gasteiger charge is 2.26. The van der Waals surface area contributed by atoms with E-state index in [1.807, 2.05) is 6.07 Å². The van der Waals surface area contributed by atoms with Gasteiger partial charge in [0.1, 0.15) is 0 Å². The molecule has 0 saturated carbocycles. The van der Waals surface area contributed by atoms with E-state index in [4.69, 9.17) is 5.26 Å². The third kappa shape index (κ3) is 2.43. The number of benzene rings is 1. The molecular formula is C14H18N2. The highest BCUT2D eigenvalue weighted by molar-refractivity contribution is 5.20.